The third-order valence-electron chi connectivity index (χ3n) is 1.90. The Morgan fingerprint density at radius 2 is 2.06 bits per heavy atom. The van der Waals surface area contributed by atoms with Crippen molar-refractivity contribution in [1.29, 1.82) is 0 Å². The van der Waals surface area contributed by atoms with E-state index in [-0.39, 0.29) is 0 Å². The van der Waals surface area contributed by atoms with E-state index in [1.807, 2.05) is 0 Å². The summed E-state index contributed by atoms with van der Waals surface area (Å²) in [7, 11) is 0. The molecular weight excluding hydrogens is 303 g/mol. The molecule has 0 radical (unpaired) electrons. The van der Waals surface area contributed by atoms with Crippen LogP contribution < -0.4 is 0 Å². The number of alkyl halides is 1. The van der Waals surface area contributed by atoms with Crippen LogP contribution in [0.4, 0.5) is 0 Å². The van der Waals surface area contributed by atoms with Gasteiger partial charge in [0.1, 0.15) is 0 Å². The highest BCUT2D eigenvalue weighted by Gasteiger charge is 2.09. The lowest BCUT2D eigenvalue weighted by Gasteiger charge is -2.04. The second kappa shape index (κ2) is 5.91. The highest BCUT2D eigenvalue weighted by Crippen LogP contribution is 2.26. The minimum Gasteiger partial charge on any atom is -0.187 e. The lowest BCUT2D eigenvalue weighted by atomic mass is 10.3. The molecule has 0 fully saturated rings. The molecule has 0 N–H and O–H groups in total. The van der Waals surface area contributed by atoms with E-state index >= 15 is 0 Å². The topological polar surface area (TPSA) is 43.6 Å². The SMILES string of the molecule is ClCCSc1nnnn1-c1ccc(Cl)c(Cl)c1. The zero-order valence-corrected chi connectivity index (χ0v) is 11.6. The summed E-state index contributed by atoms with van der Waals surface area (Å²) in [5, 5.41) is 13.1. The Morgan fingerprint density at radius 3 is 2.76 bits per heavy atom. The zero-order valence-electron chi connectivity index (χ0n) is 8.48. The molecule has 0 spiro atoms. The number of tetrazole rings is 1. The standard InChI is InChI=1S/C9H7Cl3N4S/c10-3-4-17-9-13-14-15-16(9)6-1-2-7(11)8(12)5-6/h1-2,5H,3-4H2. The number of hydrogen-bond donors (Lipinski definition) is 0. The van der Waals surface area contributed by atoms with E-state index in [0.29, 0.717) is 21.1 Å². The van der Waals surface area contributed by atoms with Gasteiger partial charge in [0, 0.05) is 11.6 Å². The van der Waals surface area contributed by atoms with Gasteiger partial charge in [-0.1, -0.05) is 35.0 Å². The molecule has 4 nitrogen and oxygen atoms in total. The minimum atomic E-state index is 0.466. The summed E-state index contributed by atoms with van der Waals surface area (Å²) < 4.78 is 1.60. The molecule has 1 aromatic heterocycles. The molecule has 0 aliphatic rings. The van der Waals surface area contributed by atoms with Crippen LogP contribution in [-0.4, -0.2) is 31.8 Å². The number of hydrogen-bond acceptors (Lipinski definition) is 4. The van der Waals surface area contributed by atoms with E-state index < -0.39 is 0 Å². The summed E-state index contributed by atoms with van der Waals surface area (Å²) in [6, 6.07) is 5.22. The van der Waals surface area contributed by atoms with Gasteiger partial charge in [0.15, 0.2) is 0 Å². The average Bonchev–Trinajstić information content (AvgIpc) is 2.78. The molecule has 1 aromatic carbocycles. The van der Waals surface area contributed by atoms with Crippen LogP contribution >= 0.6 is 46.6 Å². The number of halogens is 3. The van der Waals surface area contributed by atoms with Crippen molar-refractivity contribution in [1.82, 2.24) is 20.2 Å². The van der Waals surface area contributed by atoms with Crippen LogP contribution in [0, 0.1) is 0 Å². The molecule has 8 heteroatoms. The Balaban J connectivity index is 2.32. The predicted molar refractivity (Wildman–Crippen MR) is 70.6 cm³/mol. The van der Waals surface area contributed by atoms with E-state index in [1.54, 1.807) is 22.9 Å². The van der Waals surface area contributed by atoms with Gasteiger partial charge >= 0.3 is 0 Å². The van der Waals surface area contributed by atoms with Crippen molar-refractivity contribution in [2.45, 2.75) is 5.16 Å². The van der Waals surface area contributed by atoms with Gasteiger partial charge in [-0.2, -0.15) is 4.68 Å². The molecule has 17 heavy (non-hydrogen) atoms. The van der Waals surface area contributed by atoms with Gasteiger partial charge in [-0.3, -0.25) is 0 Å². The van der Waals surface area contributed by atoms with Crippen LogP contribution in [0.25, 0.3) is 5.69 Å². The molecule has 0 aliphatic carbocycles. The molecule has 0 atom stereocenters. The maximum Gasteiger partial charge on any atom is 0.214 e. The molecule has 0 bridgehead atoms. The second-order valence-electron chi connectivity index (χ2n) is 3.01. The van der Waals surface area contributed by atoms with Crippen molar-refractivity contribution in [2.75, 3.05) is 11.6 Å². The van der Waals surface area contributed by atoms with Crippen molar-refractivity contribution in [2.24, 2.45) is 0 Å². The van der Waals surface area contributed by atoms with Gasteiger partial charge < -0.3 is 0 Å². The smallest absolute Gasteiger partial charge is 0.187 e. The van der Waals surface area contributed by atoms with Crippen molar-refractivity contribution < 1.29 is 0 Å². The van der Waals surface area contributed by atoms with E-state index in [4.69, 9.17) is 34.8 Å². The van der Waals surface area contributed by atoms with E-state index in [2.05, 4.69) is 15.5 Å². The zero-order chi connectivity index (χ0) is 12.3. The highest BCUT2D eigenvalue weighted by molar-refractivity contribution is 7.99. The number of nitrogens with zero attached hydrogens (tertiary/aromatic N) is 4. The Labute approximate surface area is 117 Å². The average molecular weight is 310 g/mol. The van der Waals surface area contributed by atoms with Crippen LogP contribution in [-0.2, 0) is 0 Å². The summed E-state index contributed by atoms with van der Waals surface area (Å²) in [4.78, 5) is 0. The number of aromatic nitrogens is 4. The van der Waals surface area contributed by atoms with E-state index in [0.717, 1.165) is 11.4 Å². The molecule has 2 aromatic rings. The quantitative estimate of drug-likeness (QED) is 0.642. The van der Waals surface area contributed by atoms with E-state index in [9.17, 15) is 0 Å². The first-order valence-corrected chi connectivity index (χ1v) is 6.92. The van der Waals surface area contributed by atoms with Crippen molar-refractivity contribution in [3.8, 4) is 5.69 Å². The van der Waals surface area contributed by atoms with Gasteiger partial charge in [0.2, 0.25) is 5.16 Å². The van der Waals surface area contributed by atoms with Gasteiger partial charge in [0.05, 0.1) is 15.7 Å². The van der Waals surface area contributed by atoms with E-state index in [1.165, 1.54) is 11.8 Å². The third-order valence-corrected chi connectivity index (χ3v) is 3.97. The van der Waals surface area contributed by atoms with Crippen molar-refractivity contribution >= 4 is 46.6 Å². The second-order valence-corrected chi connectivity index (χ2v) is 5.26. The molecule has 0 saturated carbocycles. The Morgan fingerprint density at radius 1 is 1.24 bits per heavy atom. The molecule has 0 aliphatic heterocycles. The first-order valence-electron chi connectivity index (χ1n) is 4.65. The summed E-state index contributed by atoms with van der Waals surface area (Å²) >= 11 is 18.9. The van der Waals surface area contributed by atoms with Crippen molar-refractivity contribution in [3.63, 3.8) is 0 Å². The van der Waals surface area contributed by atoms with Crippen LogP contribution in [0.2, 0.25) is 10.0 Å². The number of benzene rings is 1. The fraction of sp³-hybridized carbons (Fsp3) is 0.222. The maximum atomic E-state index is 5.95. The van der Waals surface area contributed by atoms with Gasteiger partial charge in [0.25, 0.3) is 0 Å². The van der Waals surface area contributed by atoms with Gasteiger partial charge in [-0.25, -0.2) is 0 Å². The molecule has 0 amide bonds. The predicted octanol–water partition coefficient (Wildman–Crippen LogP) is 3.30. The molecule has 0 saturated heterocycles. The van der Waals surface area contributed by atoms with Crippen LogP contribution in [0.5, 0.6) is 0 Å². The summed E-state index contributed by atoms with van der Waals surface area (Å²) in [6.45, 7) is 0. The first kappa shape index (κ1) is 13.0. The molecular formula is C9H7Cl3N4S. The van der Waals surface area contributed by atoms with Crippen molar-refractivity contribution in [3.05, 3.63) is 28.2 Å². The first-order chi connectivity index (χ1) is 8.22. The Hall–Kier alpha value is -0.490. The lowest BCUT2D eigenvalue weighted by Crippen LogP contribution is -1.99. The van der Waals surface area contributed by atoms with Gasteiger partial charge in [-0.05, 0) is 28.6 Å². The minimum absolute atomic E-state index is 0.466. The summed E-state index contributed by atoms with van der Waals surface area (Å²) in [6.07, 6.45) is 0. The largest absolute Gasteiger partial charge is 0.214 e. The fourth-order valence-corrected chi connectivity index (χ4v) is 2.32. The maximum absolute atomic E-state index is 5.95. The molecule has 90 valence electrons. The molecule has 1 heterocycles. The normalized spacial score (nSPS) is 10.8. The van der Waals surface area contributed by atoms with Crippen LogP contribution in [0.3, 0.4) is 0 Å². The third kappa shape index (κ3) is 3.04. The summed E-state index contributed by atoms with van der Waals surface area (Å²) in [5.41, 5.74) is 0.765. The number of thioether (sulfide) groups is 1. The Bertz CT molecular complexity index is 517. The van der Waals surface area contributed by atoms with Crippen LogP contribution in [0.1, 0.15) is 0 Å². The lowest BCUT2D eigenvalue weighted by molar-refractivity contribution is 0.756. The molecule has 0 unspecified atom stereocenters. The Kier molecular flexibility index (Phi) is 4.50. The number of rotatable bonds is 4. The van der Waals surface area contributed by atoms with Crippen LogP contribution in [0.15, 0.2) is 23.4 Å². The highest BCUT2D eigenvalue weighted by atomic mass is 35.5. The monoisotopic (exact) mass is 308 g/mol. The fourth-order valence-electron chi connectivity index (χ4n) is 1.18. The summed E-state index contributed by atoms with van der Waals surface area (Å²) in [5.74, 6) is 1.28. The molecule has 2 rings (SSSR count). The van der Waals surface area contributed by atoms with Gasteiger partial charge in [-0.15, -0.1) is 16.7 Å².